The van der Waals surface area contributed by atoms with Crippen LogP contribution in [0.4, 0.5) is 0 Å². The second-order valence-corrected chi connectivity index (χ2v) is 4.00. The van der Waals surface area contributed by atoms with Crippen molar-refractivity contribution < 1.29 is 21.7 Å². The van der Waals surface area contributed by atoms with E-state index in [1.807, 2.05) is 27.1 Å². The Morgan fingerprint density at radius 2 is 1.81 bits per heavy atom. The molecule has 0 bridgehead atoms. The topological polar surface area (TPSA) is 40.9 Å². The maximum atomic E-state index is 12.0. The fraction of sp³-hybridized carbons (Fsp3) is 0.333. The SMILES string of the molecule is CC[N+](C)(C)C(=O)c1ccc(C#N)cc1.[Cl-]. The van der Waals surface area contributed by atoms with E-state index in [0.29, 0.717) is 15.6 Å². The van der Waals surface area contributed by atoms with Crippen LogP contribution < -0.4 is 12.4 Å². The molecule has 0 aliphatic rings. The molecule has 1 amide bonds. The predicted molar refractivity (Wildman–Crippen MR) is 58.1 cm³/mol. The average Bonchev–Trinajstić information content (AvgIpc) is 2.28. The van der Waals surface area contributed by atoms with Gasteiger partial charge in [-0.25, -0.2) is 4.79 Å². The lowest BCUT2D eigenvalue weighted by Gasteiger charge is -2.24. The van der Waals surface area contributed by atoms with E-state index < -0.39 is 0 Å². The summed E-state index contributed by atoms with van der Waals surface area (Å²) < 4.78 is 0.325. The van der Waals surface area contributed by atoms with E-state index >= 15 is 0 Å². The Hall–Kier alpha value is -1.37. The van der Waals surface area contributed by atoms with Gasteiger partial charge in [0.25, 0.3) is 0 Å². The van der Waals surface area contributed by atoms with Crippen molar-refractivity contribution in [1.29, 1.82) is 5.26 Å². The van der Waals surface area contributed by atoms with Crippen molar-refractivity contribution in [2.24, 2.45) is 0 Å². The van der Waals surface area contributed by atoms with E-state index in [1.54, 1.807) is 24.3 Å². The van der Waals surface area contributed by atoms with Crippen LogP contribution in [0.15, 0.2) is 24.3 Å². The molecule has 0 aromatic heterocycles. The van der Waals surface area contributed by atoms with Gasteiger partial charge >= 0.3 is 5.91 Å². The number of carbonyl (C=O) groups is 1. The number of quaternary nitrogens is 1. The van der Waals surface area contributed by atoms with E-state index in [1.165, 1.54) is 0 Å². The highest BCUT2D eigenvalue weighted by atomic mass is 35.5. The number of hydrogen-bond donors (Lipinski definition) is 0. The number of hydrogen-bond acceptors (Lipinski definition) is 2. The zero-order valence-corrected chi connectivity index (χ0v) is 10.5. The Morgan fingerprint density at radius 3 is 2.19 bits per heavy atom. The lowest BCUT2D eigenvalue weighted by atomic mass is 10.1. The highest BCUT2D eigenvalue weighted by molar-refractivity contribution is 5.88. The van der Waals surface area contributed by atoms with Crippen LogP contribution in [0.3, 0.4) is 0 Å². The normalized spacial score (nSPS) is 10.1. The summed E-state index contributed by atoms with van der Waals surface area (Å²) in [6.45, 7) is 2.72. The molecular weight excluding hydrogens is 224 g/mol. The molecule has 4 heteroatoms. The Balaban J connectivity index is 0.00000225. The predicted octanol–water partition coefficient (Wildman–Crippen LogP) is -1.20. The largest absolute Gasteiger partial charge is 1.00 e. The average molecular weight is 239 g/mol. The van der Waals surface area contributed by atoms with E-state index in [2.05, 4.69) is 0 Å². The van der Waals surface area contributed by atoms with Gasteiger partial charge in [0.15, 0.2) is 0 Å². The first-order valence-corrected chi connectivity index (χ1v) is 4.89. The Morgan fingerprint density at radius 1 is 1.31 bits per heavy atom. The van der Waals surface area contributed by atoms with E-state index in [9.17, 15) is 4.79 Å². The third-order valence-electron chi connectivity index (χ3n) is 2.60. The van der Waals surface area contributed by atoms with Crippen molar-refractivity contribution in [2.75, 3.05) is 20.6 Å². The van der Waals surface area contributed by atoms with E-state index in [4.69, 9.17) is 5.26 Å². The lowest BCUT2D eigenvalue weighted by molar-refractivity contribution is -0.805. The van der Waals surface area contributed by atoms with Crippen molar-refractivity contribution in [3.05, 3.63) is 35.4 Å². The van der Waals surface area contributed by atoms with Crippen LogP contribution >= 0.6 is 0 Å². The van der Waals surface area contributed by atoms with Crippen LogP contribution in [0.1, 0.15) is 22.8 Å². The molecule has 1 rings (SSSR count). The molecule has 1 aromatic carbocycles. The number of carbonyl (C=O) groups excluding carboxylic acids is 1. The Bertz CT molecular complexity index is 404. The van der Waals surface area contributed by atoms with Gasteiger partial charge in [-0.05, 0) is 31.2 Å². The number of nitrogens with zero attached hydrogens (tertiary/aromatic N) is 2. The molecule has 0 fully saturated rings. The molecule has 0 atom stereocenters. The van der Waals surface area contributed by atoms with Gasteiger partial charge in [0.05, 0.1) is 37.8 Å². The molecule has 0 unspecified atom stereocenters. The highest BCUT2D eigenvalue weighted by Crippen LogP contribution is 2.10. The minimum absolute atomic E-state index is 0. The molecule has 86 valence electrons. The first-order valence-electron chi connectivity index (χ1n) is 4.89. The van der Waals surface area contributed by atoms with Crippen LogP contribution in [-0.2, 0) is 0 Å². The zero-order valence-electron chi connectivity index (χ0n) is 9.70. The zero-order chi connectivity index (χ0) is 11.5. The summed E-state index contributed by atoms with van der Waals surface area (Å²) >= 11 is 0. The van der Waals surface area contributed by atoms with Gasteiger partial charge in [0.1, 0.15) is 0 Å². The maximum absolute atomic E-state index is 12.0. The van der Waals surface area contributed by atoms with Crippen LogP contribution in [-0.4, -0.2) is 31.0 Å². The minimum Gasteiger partial charge on any atom is -1.00 e. The maximum Gasteiger partial charge on any atom is 0.345 e. The number of benzene rings is 1. The fourth-order valence-corrected chi connectivity index (χ4v) is 1.18. The number of halogens is 1. The molecule has 1 aromatic rings. The molecule has 0 N–H and O–H groups in total. The molecule has 0 saturated heterocycles. The molecule has 0 aliphatic heterocycles. The monoisotopic (exact) mass is 238 g/mol. The van der Waals surface area contributed by atoms with Crippen LogP contribution in [0.5, 0.6) is 0 Å². The summed E-state index contributed by atoms with van der Waals surface area (Å²) in [5, 5.41) is 8.63. The van der Waals surface area contributed by atoms with Gasteiger partial charge in [-0.3, -0.25) is 4.48 Å². The number of amides is 1. The molecule has 0 radical (unpaired) electrons. The summed E-state index contributed by atoms with van der Waals surface area (Å²) in [6, 6.07) is 8.78. The Kier molecular flexibility index (Phi) is 5.16. The van der Waals surface area contributed by atoms with E-state index in [-0.39, 0.29) is 18.3 Å². The van der Waals surface area contributed by atoms with Crippen molar-refractivity contribution in [3.63, 3.8) is 0 Å². The molecule has 0 saturated carbocycles. The summed E-state index contributed by atoms with van der Waals surface area (Å²) in [6.07, 6.45) is 0. The molecular formula is C12H15ClN2O. The van der Waals surface area contributed by atoms with Crippen LogP contribution in [0, 0.1) is 11.3 Å². The molecule has 16 heavy (non-hydrogen) atoms. The van der Waals surface area contributed by atoms with E-state index in [0.717, 1.165) is 6.54 Å². The van der Waals surface area contributed by atoms with Gasteiger partial charge in [-0.2, -0.15) is 5.26 Å². The molecule has 0 spiro atoms. The summed E-state index contributed by atoms with van der Waals surface area (Å²) in [5.41, 5.74) is 1.23. The smallest absolute Gasteiger partial charge is 0.345 e. The summed E-state index contributed by atoms with van der Waals surface area (Å²) in [5.74, 6) is 0.0713. The second-order valence-electron chi connectivity index (χ2n) is 4.00. The van der Waals surface area contributed by atoms with Crippen molar-refractivity contribution >= 4 is 5.91 Å². The van der Waals surface area contributed by atoms with Crippen molar-refractivity contribution in [3.8, 4) is 6.07 Å². The summed E-state index contributed by atoms with van der Waals surface area (Å²) in [7, 11) is 3.75. The number of nitriles is 1. The first kappa shape index (κ1) is 14.6. The fourth-order valence-electron chi connectivity index (χ4n) is 1.18. The third-order valence-corrected chi connectivity index (χ3v) is 2.60. The van der Waals surface area contributed by atoms with Gasteiger partial charge in [0.2, 0.25) is 0 Å². The summed E-state index contributed by atoms with van der Waals surface area (Å²) in [4.78, 5) is 12.0. The van der Waals surface area contributed by atoms with Crippen molar-refractivity contribution in [2.45, 2.75) is 6.92 Å². The van der Waals surface area contributed by atoms with Gasteiger partial charge in [0, 0.05) is 0 Å². The van der Waals surface area contributed by atoms with Gasteiger partial charge in [-0.1, -0.05) is 0 Å². The highest BCUT2D eigenvalue weighted by Gasteiger charge is 2.25. The van der Waals surface area contributed by atoms with Crippen LogP contribution in [0.2, 0.25) is 0 Å². The standard InChI is InChI=1S/C12H15N2O.ClH/c1-4-14(2,3)12(15)11-7-5-10(9-13)6-8-11;/h5-8H,4H2,1-3H3;1H/q+1;/p-1. The van der Waals surface area contributed by atoms with Crippen LogP contribution in [0.25, 0.3) is 0 Å². The molecule has 3 nitrogen and oxygen atoms in total. The minimum atomic E-state index is 0. The molecule has 0 aliphatic carbocycles. The Labute approximate surface area is 102 Å². The van der Waals surface area contributed by atoms with Gasteiger partial charge in [-0.15, -0.1) is 0 Å². The number of rotatable bonds is 2. The molecule has 0 heterocycles. The van der Waals surface area contributed by atoms with Crippen molar-refractivity contribution in [1.82, 2.24) is 0 Å². The third kappa shape index (κ3) is 3.06. The quantitative estimate of drug-likeness (QED) is 0.608. The second kappa shape index (κ2) is 5.64. The first-order chi connectivity index (χ1) is 7.01. The lowest BCUT2D eigenvalue weighted by Crippen LogP contribution is -3.00. The van der Waals surface area contributed by atoms with Gasteiger partial charge < -0.3 is 12.4 Å².